The van der Waals surface area contributed by atoms with Crippen molar-refractivity contribution < 1.29 is 9.47 Å². The Morgan fingerprint density at radius 3 is 2.65 bits per heavy atom. The molecule has 20 heavy (non-hydrogen) atoms. The van der Waals surface area contributed by atoms with Crippen LogP contribution in [0.4, 0.5) is 0 Å². The number of hydrogen-bond acceptors (Lipinski definition) is 3. The van der Waals surface area contributed by atoms with Crippen LogP contribution < -0.4 is 9.47 Å². The van der Waals surface area contributed by atoms with Crippen molar-refractivity contribution in [3.8, 4) is 11.5 Å². The molecule has 0 amide bonds. The Kier molecular flexibility index (Phi) is 3.70. The molecule has 2 heterocycles. The van der Waals surface area contributed by atoms with Crippen LogP contribution in [0.25, 0.3) is 0 Å². The Balaban J connectivity index is 1.73. The van der Waals surface area contributed by atoms with E-state index in [1.165, 1.54) is 5.56 Å². The summed E-state index contributed by atoms with van der Waals surface area (Å²) in [5.74, 6) is 2.72. The molecular weight excluding hydrogens is 320 g/mol. The van der Waals surface area contributed by atoms with E-state index in [4.69, 9.17) is 9.47 Å². The predicted molar refractivity (Wildman–Crippen MR) is 80.5 cm³/mol. The highest BCUT2D eigenvalue weighted by Gasteiger charge is 2.13. The largest absolute Gasteiger partial charge is 0.486 e. The average Bonchev–Trinajstić information content (AvgIpc) is 2.72. The first-order valence-electron chi connectivity index (χ1n) is 6.71. The minimum absolute atomic E-state index is 0.626. The number of benzene rings is 1. The van der Waals surface area contributed by atoms with Gasteiger partial charge >= 0.3 is 0 Å². The van der Waals surface area contributed by atoms with E-state index in [0.29, 0.717) is 13.2 Å². The Hall–Kier alpha value is -1.49. The summed E-state index contributed by atoms with van der Waals surface area (Å²) in [6.07, 6.45) is 1.84. The van der Waals surface area contributed by atoms with Crippen molar-refractivity contribution in [1.29, 1.82) is 0 Å². The quantitative estimate of drug-likeness (QED) is 0.864. The lowest BCUT2D eigenvalue weighted by Gasteiger charge is -2.18. The zero-order valence-electron chi connectivity index (χ0n) is 11.6. The fourth-order valence-electron chi connectivity index (χ4n) is 2.32. The number of aromatic nitrogens is 2. The molecule has 0 saturated carbocycles. The van der Waals surface area contributed by atoms with Crippen LogP contribution >= 0.6 is 15.9 Å². The van der Waals surface area contributed by atoms with Crippen molar-refractivity contribution >= 4 is 15.9 Å². The lowest BCUT2D eigenvalue weighted by molar-refractivity contribution is 0.171. The monoisotopic (exact) mass is 336 g/mol. The highest BCUT2D eigenvalue weighted by Crippen LogP contribution is 2.31. The topological polar surface area (TPSA) is 36.3 Å². The van der Waals surface area contributed by atoms with Crippen LogP contribution in [0.2, 0.25) is 0 Å². The van der Waals surface area contributed by atoms with Crippen molar-refractivity contribution in [2.24, 2.45) is 7.05 Å². The van der Waals surface area contributed by atoms with Gasteiger partial charge in [0.15, 0.2) is 11.5 Å². The second-order valence-electron chi connectivity index (χ2n) is 4.93. The van der Waals surface area contributed by atoms with Gasteiger partial charge in [0.1, 0.15) is 23.6 Å². The molecule has 0 atom stereocenters. The van der Waals surface area contributed by atoms with E-state index < -0.39 is 0 Å². The van der Waals surface area contributed by atoms with Gasteiger partial charge in [-0.2, -0.15) is 0 Å². The van der Waals surface area contributed by atoms with E-state index in [2.05, 4.69) is 37.6 Å². The smallest absolute Gasteiger partial charge is 0.161 e. The molecule has 0 unspecified atom stereocenters. The number of hydrogen-bond donors (Lipinski definition) is 0. The third-order valence-corrected chi connectivity index (χ3v) is 4.56. The van der Waals surface area contributed by atoms with Crippen LogP contribution in [0.15, 0.2) is 22.8 Å². The number of aryl methyl sites for hydroxylation is 3. The molecule has 0 radical (unpaired) electrons. The van der Waals surface area contributed by atoms with Gasteiger partial charge in [-0.05, 0) is 53.4 Å². The molecular formula is C15H17BrN2O2. The van der Waals surface area contributed by atoms with Crippen LogP contribution in [-0.2, 0) is 19.9 Å². The Morgan fingerprint density at radius 1 is 1.20 bits per heavy atom. The molecule has 4 nitrogen and oxygen atoms in total. The van der Waals surface area contributed by atoms with Crippen LogP contribution in [-0.4, -0.2) is 22.8 Å². The number of imidazole rings is 1. The summed E-state index contributed by atoms with van der Waals surface area (Å²) in [7, 11) is 2.01. The van der Waals surface area contributed by atoms with E-state index in [1.54, 1.807) is 0 Å². The molecule has 1 aromatic carbocycles. The molecule has 0 N–H and O–H groups in total. The maximum Gasteiger partial charge on any atom is 0.161 e. The molecule has 0 bridgehead atoms. The molecule has 0 saturated heterocycles. The zero-order chi connectivity index (χ0) is 14.1. The highest BCUT2D eigenvalue weighted by atomic mass is 79.9. The first-order valence-corrected chi connectivity index (χ1v) is 7.50. The molecule has 1 aliphatic rings. The molecule has 0 aliphatic carbocycles. The summed E-state index contributed by atoms with van der Waals surface area (Å²) >= 11 is 3.59. The Morgan fingerprint density at radius 2 is 1.95 bits per heavy atom. The van der Waals surface area contributed by atoms with Gasteiger partial charge in [0.2, 0.25) is 0 Å². The molecule has 3 rings (SSSR count). The summed E-state index contributed by atoms with van der Waals surface area (Å²) in [5.41, 5.74) is 2.34. The standard InChI is InChI=1S/C15H17BrN2O2/c1-10-17-12(15(16)18(10)2)5-3-11-4-6-13-14(9-11)20-8-7-19-13/h4,6,9H,3,5,7-8H2,1-2H3. The van der Waals surface area contributed by atoms with Gasteiger partial charge in [0, 0.05) is 7.05 Å². The second-order valence-corrected chi connectivity index (χ2v) is 5.68. The Bertz CT molecular complexity index is 637. The first-order chi connectivity index (χ1) is 9.65. The van der Waals surface area contributed by atoms with Crippen molar-refractivity contribution in [2.75, 3.05) is 13.2 Å². The molecule has 106 valence electrons. The third-order valence-electron chi connectivity index (χ3n) is 3.57. The van der Waals surface area contributed by atoms with Crippen LogP contribution in [0.1, 0.15) is 17.1 Å². The molecule has 5 heteroatoms. The van der Waals surface area contributed by atoms with Gasteiger partial charge in [0.25, 0.3) is 0 Å². The summed E-state index contributed by atoms with van der Waals surface area (Å²) in [4.78, 5) is 4.57. The summed E-state index contributed by atoms with van der Waals surface area (Å²) in [6, 6.07) is 6.15. The van der Waals surface area contributed by atoms with Crippen molar-refractivity contribution in [1.82, 2.24) is 9.55 Å². The highest BCUT2D eigenvalue weighted by molar-refractivity contribution is 9.10. The maximum atomic E-state index is 5.61. The number of rotatable bonds is 3. The van der Waals surface area contributed by atoms with Crippen molar-refractivity contribution in [3.63, 3.8) is 0 Å². The molecule has 0 spiro atoms. The number of nitrogens with zero attached hydrogens (tertiary/aromatic N) is 2. The molecule has 0 fully saturated rings. The van der Waals surface area contributed by atoms with Crippen molar-refractivity contribution in [2.45, 2.75) is 19.8 Å². The lowest BCUT2D eigenvalue weighted by atomic mass is 10.1. The fraction of sp³-hybridized carbons (Fsp3) is 0.400. The third kappa shape index (κ3) is 2.54. The van der Waals surface area contributed by atoms with Gasteiger partial charge in [-0.1, -0.05) is 6.07 Å². The normalized spacial score (nSPS) is 13.6. The van der Waals surface area contributed by atoms with Crippen LogP contribution in [0, 0.1) is 6.92 Å². The average molecular weight is 337 g/mol. The lowest BCUT2D eigenvalue weighted by Crippen LogP contribution is -2.15. The number of halogens is 1. The van der Waals surface area contributed by atoms with E-state index in [-0.39, 0.29) is 0 Å². The zero-order valence-corrected chi connectivity index (χ0v) is 13.2. The molecule has 2 aromatic rings. The maximum absolute atomic E-state index is 5.61. The minimum atomic E-state index is 0.626. The second kappa shape index (κ2) is 5.48. The van der Waals surface area contributed by atoms with Crippen molar-refractivity contribution in [3.05, 3.63) is 39.9 Å². The van der Waals surface area contributed by atoms with Gasteiger partial charge in [-0.25, -0.2) is 4.98 Å². The SMILES string of the molecule is Cc1nc(CCc2ccc3c(c2)OCCO3)c(Br)n1C. The van der Waals surface area contributed by atoms with Crippen LogP contribution in [0.5, 0.6) is 11.5 Å². The van der Waals surface area contributed by atoms with E-state index in [9.17, 15) is 0 Å². The summed E-state index contributed by atoms with van der Waals surface area (Å²) in [6.45, 7) is 3.27. The van der Waals surface area contributed by atoms with Crippen LogP contribution in [0.3, 0.4) is 0 Å². The fourth-order valence-corrected chi connectivity index (χ4v) is 2.86. The summed E-state index contributed by atoms with van der Waals surface area (Å²) < 4.78 is 14.3. The van der Waals surface area contributed by atoms with E-state index in [1.807, 2.05) is 20.0 Å². The van der Waals surface area contributed by atoms with Gasteiger partial charge in [-0.3, -0.25) is 0 Å². The number of fused-ring (bicyclic) bond motifs is 1. The van der Waals surface area contributed by atoms with E-state index >= 15 is 0 Å². The predicted octanol–water partition coefficient (Wildman–Crippen LogP) is 3.05. The number of ether oxygens (including phenoxy) is 2. The Labute approximate surface area is 126 Å². The van der Waals surface area contributed by atoms with Gasteiger partial charge in [0.05, 0.1) is 5.69 Å². The molecule has 1 aliphatic heterocycles. The minimum Gasteiger partial charge on any atom is -0.486 e. The molecule has 1 aromatic heterocycles. The van der Waals surface area contributed by atoms with E-state index in [0.717, 1.165) is 40.5 Å². The first kappa shape index (κ1) is 13.5. The van der Waals surface area contributed by atoms with Gasteiger partial charge in [-0.15, -0.1) is 0 Å². The summed E-state index contributed by atoms with van der Waals surface area (Å²) in [5, 5.41) is 0. The van der Waals surface area contributed by atoms with Gasteiger partial charge < -0.3 is 14.0 Å².